The van der Waals surface area contributed by atoms with E-state index in [2.05, 4.69) is 65.9 Å². The molecule has 1 heterocycles. The second-order valence-electron chi connectivity index (χ2n) is 10.2. The monoisotopic (exact) mass is 360 g/mol. The van der Waals surface area contributed by atoms with E-state index in [0.29, 0.717) is 0 Å². The fourth-order valence-corrected chi connectivity index (χ4v) is 5.45. The number of ether oxygens (including phenoxy) is 1. The summed E-state index contributed by atoms with van der Waals surface area (Å²) in [5, 5.41) is 0.252. The molecule has 3 heteroatoms. The average Bonchev–Trinajstić information content (AvgIpc) is 2.88. The van der Waals surface area contributed by atoms with Crippen molar-refractivity contribution in [1.82, 2.24) is 0 Å². The third kappa shape index (κ3) is 3.61. The van der Waals surface area contributed by atoms with Gasteiger partial charge in [0.15, 0.2) is 8.32 Å². The molecule has 0 saturated carbocycles. The van der Waals surface area contributed by atoms with Gasteiger partial charge in [0.25, 0.3) is 0 Å². The number of fused-ring (bicyclic) bond motifs is 1. The minimum atomic E-state index is -1.75. The van der Waals surface area contributed by atoms with Crippen LogP contribution in [0.4, 0.5) is 0 Å². The van der Waals surface area contributed by atoms with E-state index in [1.165, 1.54) is 29.5 Å². The summed E-state index contributed by atoms with van der Waals surface area (Å²) in [5.74, 6) is 0. The molecule has 0 radical (unpaired) electrons. The molecule has 0 bridgehead atoms. The van der Waals surface area contributed by atoms with Crippen molar-refractivity contribution in [3.8, 4) is 0 Å². The molecule has 0 aromatic heterocycles. The second-order valence-corrected chi connectivity index (χ2v) is 14.9. The molecule has 140 valence electrons. The molecule has 1 aromatic carbocycles. The Kier molecular flexibility index (Phi) is 4.98. The lowest BCUT2D eigenvalue weighted by Crippen LogP contribution is -2.41. The van der Waals surface area contributed by atoms with Gasteiger partial charge in [0.2, 0.25) is 0 Å². The molecule has 1 aliphatic carbocycles. The molecule has 2 unspecified atom stereocenters. The lowest BCUT2D eigenvalue weighted by atomic mass is 9.76. The summed E-state index contributed by atoms with van der Waals surface area (Å²) >= 11 is 0. The first-order chi connectivity index (χ1) is 11.5. The van der Waals surface area contributed by atoms with Gasteiger partial charge in [-0.2, -0.15) is 0 Å². The Morgan fingerprint density at radius 2 is 1.84 bits per heavy atom. The SMILES string of the molecule is CC1(C)CCCOC1c1cccc2c1CCC2O[Si](C)(C)C(C)(C)C. The van der Waals surface area contributed by atoms with Gasteiger partial charge >= 0.3 is 0 Å². The molecule has 1 saturated heterocycles. The van der Waals surface area contributed by atoms with E-state index in [-0.39, 0.29) is 22.7 Å². The van der Waals surface area contributed by atoms with E-state index in [9.17, 15) is 0 Å². The first-order valence-electron chi connectivity index (χ1n) is 9.94. The van der Waals surface area contributed by atoms with Crippen LogP contribution in [0.25, 0.3) is 0 Å². The Hall–Kier alpha value is -0.643. The van der Waals surface area contributed by atoms with Crippen LogP contribution in [0, 0.1) is 5.41 Å². The summed E-state index contributed by atoms with van der Waals surface area (Å²) < 4.78 is 13.0. The number of hydrogen-bond acceptors (Lipinski definition) is 2. The van der Waals surface area contributed by atoms with Crippen LogP contribution in [0.1, 0.15) is 82.8 Å². The molecule has 2 atom stereocenters. The van der Waals surface area contributed by atoms with Crippen LogP contribution < -0.4 is 0 Å². The van der Waals surface area contributed by atoms with E-state index in [1.54, 1.807) is 0 Å². The molecule has 1 aliphatic heterocycles. The molecule has 1 fully saturated rings. The van der Waals surface area contributed by atoms with Crippen molar-refractivity contribution in [2.45, 2.75) is 90.6 Å². The summed E-state index contributed by atoms with van der Waals surface area (Å²) in [6.45, 7) is 17.3. The highest BCUT2D eigenvalue weighted by atomic mass is 28.4. The van der Waals surface area contributed by atoms with Gasteiger partial charge in [-0.05, 0) is 65.9 Å². The minimum absolute atomic E-state index is 0.214. The topological polar surface area (TPSA) is 18.5 Å². The average molecular weight is 361 g/mol. The molecular weight excluding hydrogens is 324 g/mol. The van der Waals surface area contributed by atoms with Crippen LogP contribution in [0.2, 0.25) is 18.1 Å². The molecule has 25 heavy (non-hydrogen) atoms. The summed E-state index contributed by atoms with van der Waals surface area (Å²) in [6, 6.07) is 6.81. The van der Waals surface area contributed by atoms with Gasteiger partial charge < -0.3 is 9.16 Å². The molecule has 2 aliphatic rings. The fraction of sp³-hybridized carbons (Fsp3) is 0.727. The second kappa shape index (κ2) is 6.51. The summed E-state index contributed by atoms with van der Waals surface area (Å²) in [6.07, 6.45) is 5.15. The van der Waals surface area contributed by atoms with Crippen LogP contribution in [0.15, 0.2) is 18.2 Å². The smallest absolute Gasteiger partial charge is 0.192 e. The van der Waals surface area contributed by atoms with Crippen molar-refractivity contribution in [1.29, 1.82) is 0 Å². The Bertz CT molecular complexity index is 627. The first-order valence-corrected chi connectivity index (χ1v) is 12.8. The predicted octanol–water partition coefficient (Wildman–Crippen LogP) is 6.57. The van der Waals surface area contributed by atoms with E-state index in [1.807, 2.05) is 0 Å². The lowest BCUT2D eigenvalue weighted by Gasteiger charge is -2.40. The van der Waals surface area contributed by atoms with Gasteiger partial charge in [-0.3, -0.25) is 0 Å². The van der Waals surface area contributed by atoms with Crippen LogP contribution in [0.3, 0.4) is 0 Å². The van der Waals surface area contributed by atoms with E-state index in [0.717, 1.165) is 19.4 Å². The first kappa shape index (κ1) is 19.1. The van der Waals surface area contributed by atoms with Crippen LogP contribution in [0.5, 0.6) is 0 Å². The van der Waals surface area contributed by atoms with Crippen LogP contribution >= 0.6 is 0 Å². The maximum atomic E-state index is 6.78. The van der Waals surface area contributed by atoms with Crippen molar-refractivity contribution >= 4 is 8.32 Å². The van der Waals surface area contributed by atoms with Gasteiger partial charge in [0.05, 0.1) is 12.2 Å². The van der Waals surface area contributed by atoms with Gasteiger partial charge in [-0.25, -0.2) is 0 Å². The van der Waals surface area contributed by atoms with E-state index < -0.39 is 8.32 Å². The fourth-order valence-electron chi connectivity index (χ4n) is 4.14. The van der Waals surface area contributed by atoms with Crippen LogP contribution in [-0.2, 0) is 15.6 Å². The van der Waals surface area contributed by atoms with Crippen molar-refractivity contribution in [2.75, 3.05) is 6.61 Å². The standard InChI is InChI=1S/C22H36O2Si/c1-21(2,3)25(6,7)24-19-13-12-16-17(19)10-8-11-18(16)20-22(4,5)14-9-15-23-20/h8,10-11,19-20H,9,12-15H2,1-7H3. The summed E-state index contributed by atoms with van der Waals surface area (Å²) in [4.78, 5) is 0. The maximum absolute atomic E-state index is 6.78. The maximum Gasteiger partial charge on any atom is 0.192 e. The molecule has 0 N–H and O–H groups in total. The molecule has 1 aromatic rings. The summed E-state index contributed by atoms with van der Waals surface area (Å²) in [7, 11) is -1.75. The molecule has 3 rings (SSSR count). The third-order valence-electron chi connectivity index (χ3n) is 6.74. The zero-order chi connectivity index (χ0) is 18.5. The molecule has 0 amide bonds. The van der Waals surface area contributed by atoms with Gasteiger partial charge in [0.1, 0.15) is 0 Å². The normalized spacial score (nSPS) is 26.5. The Morgan fingerprint density at radius 3 is 2.48 bits per heavy atom. The highest BCUT2D eigenvalue weighted by molar-refractivity contribution is 6.74. The van der Waals surface area contributed by atoms with Crippen molar-refractivity contribution in [3.63, 3.8) is 0 Å². The minimum Gasteiger partial charge on any atom is -0.410 e. The highest BCUT2D eigenvalue weighted by Crippen LogP contribution is 2.49. The van der Waals surface area contributed by atoms with Crippen LogP contribution in [-0.4, -0.2) is 14.9 Å². The van der Waals surface area contributed by atoms with Gasteiger partial charge in [-0.1, -0.05) is 52.8 Å². The Labute approximate surface area is 155 Å². The Morgan fingerprint density at radius 1 is 1.16 bits per heavy atom. The zero-order valence-corrected chi connectivity index (χ0v) is 18.2. The third-order valence-corrected chi connectivity index (χ3v) is 11.2. The van der Waals surface area contributed by atoms with E-state index >= 15 is 0 Å². The number of benzene rings is 1. The number of hydrogen-bond donors (Lipinski definition) is 0. The van der Waals surface area contributed by atoms with Crippen molar-refractivity contribution in [3.05, 3.63) is 34.9 Å². The van der Waals surface area contributed by atoms with Crippen molar-refractivity contribution in [2.24, 2.45) is 5.41 Å². The lowest BCUT2D eigenvalue weighted by molar-refractivity contribution is -0.0704. The summed E-state index contributed by atoms with van der Waals surface area (Å²) in [5.41, 5.74) is 4.56. The van der Waals surface area contributed by atoms with Gasteiger partial charge in [0, 0.05) is 6.61 Å². The largest absolute Gasteiger partial charge is 0.410 e. The molecule has 2 nitrogen and oxygen atoms in total. The predicted molar refractivity (Wildman–Crippen MR) is 107 cm³/mol. The highest BCUT2D eigenvalue weighted by Gasteiger charge is 2.42. The van der Waals surface area contributed by atoms with E-state index in [4.69, 9.17) is 9.16 Å². The Balaban J connectivity index is 1.90. The van der Waals surface area contributed by atoms with Crippen molar-refractivity contribution < 1.29 is 9.16 Å². The molecule has 0 spiro atoms. The zero-order valence-electron chi connectivity index (χ0n) is 17.2. The quantitative estimate of drug-likeness (QED) is 0.567. The van der Waals surface area contributed by atoms with Gasteiger partial charge in [-0.15, -0.1) is 0 Å². The molecular formula is C22H36O2Si. The number of rotatable bonds is 3.